The fraction of sp³-hybridized carbons (Fsp3) is 0.611. The summed E-state index contributed by atoms with van der Waals surface area (Å²) >= 11 is 0. The van der Waals surface area contributed by atoms with Crippen molar-refractivity contribution in [3.8, 4) is 5.75 Å². The molecule has 0 radical (unpaired) electrons. The summed E-state index contributed by atoms with van der Waals surface area (Å²) in [4.78, 5) is 14.5. The lowest BCUT2D eigenvalue weighted by Gasteiger charge is -2.35. The number of amides is 2. The third kappa shape index (κ3) is 4.38. The van der Waals surface area contributed by atoms with Gasteiger partial charge in [-0.15, -0.1) is 0 Å². The normalized spacial score (nSPS) is 19.9. The lowest BCUT2D eigenvalue weighted by Crippen LogP contribution is -2.44. The van der Waals surface area contributed by atoms with Gasteiger partial charge in [0.05, 0.1) is 13.2 Å². The van der Waals surface area contributed by atoms with E-state index >= 15 is 0 Å². The molecule has 2 amide bonds. The fourth-order valence-electron chi connectivity index (χ4n) is 3.26. The second kappa shape index (κ2) is 7.68. The minimum atomic E-state index is -0.0515. The van der Waals surface area contributed by atoms with Gasteiger partial charge in [-0.25, -0.2) is 4.79 Å². The number of piperidine rings is 1. The van der Waals surface area contributed by atoms with Gasteiger partial charge in [-0.05, 0) is 44.8 Å². The number of benzene rings is 1. The zero-order valence-electron chi connectivity index (χ0n) is 13.9. The molecule has 1 saturated heterocycles. The zero-order valence-corrected chi connectivity index (χ0v) is 13.9. The second-order valence-corrected chi connectivity index (χ2v) is 6.48. The number of nitrogens with zero attached hydrogens (tertiary/aromatic N) is 1. The highest BCUT2D eigenvalue weighted by Gasteiger charge is 2.27. The Bertz CT molecular complexity index is 525. The van der Waals surface area contributed by atoms with Crippen molar-refractivity contribution in [1.29, 1.82) is 0 Å². The summed E-state index contributed by atoms with van der Waals surface area (Å²) in [5.41, 5.74) is 1.16. The average molecular weight is 317 g/mol. The number of para-hydroxylation sites is 1. The molecule has 23 heavy (non-hydrogen) atoms. The monoisotopic (exact) mass is 317 g/mol. The maximum Gasteiger partial charge on any atom is 0.315 e. The molecule has 1 aromatic carbocycles. The molecule has 126 valence electrons. The molecule has 1 unspecified atom stereocenters. The largest absolute Gasteiger partial charge is 0.496 e. The molecule has 0 spiro atoms. The minimum Gasteiger partial charge on any atom is -0.496 e. The quantitative estimate of drug-likeness (QED) is 0.848. The van der Waals surface area contributed by atoms with Gasteiger partial charge in [0, 0.05) is 18.2 Å². The second-order valence-electron chi connectivity index (χ2n) is 6.48. The van der Waals surface area contributed by atoms with E-state index in [4.69, 9.17) is 4.74 Å². The highest BCUT2D eigenvalue weighted by molar-refractivity contribution is 5.74. The van der Waals surface area contributed by atoms with E-state index in [0.717, 1.165) is 37.2 Å². The molecule has 0 bridgehead atoms. The van der Waals surface area contributed by atoms with E-state index in [1.165, 1.54) is 19.3 Å². The molecule has 2 aliphatic rings. The maximum absolute atomic E-state index is 12.0. The molecule has 1 saturated carbocycles. The summed E-state index contributed by atoms with van der Waals surface area (Å²) in [6, 6.07) is 8.63. The van der Waals surface area contributed by atoms with Crippen molar-refractivity contribution in [2.24, 2.45) is 0 Å². The van der Waals surface area contributed by atoms with Crippen LogP contribution >= 0.6 is 0 Å². The van der Waals surface area contributed by atoms with Crippen molar-refractivity contribution in [2.45, 2.75) is 44.2 Å². The van der Waals surface area contributed by atoms with Crippen molar-refractivity contribution >= 4 is 6.03 Å². The van der Waals surface area contributed by atoms with Crippen LogP contribution in [0.2, 0.25) is 0 Å². The van der Waals surface area contributed by atoms with Crippen molar-refractivity contribution < 1.29 is 9.53 Å². The molecule has 1 aliphatic carbocycles. The first-order valence-electron chi connectivity index (χ1n) is 8.69. The zero-order chi connectivity index (χ0) is 16.1. The third-order valence-corrected chi connectivity index (χ3v) is 4.70. The van der Waals surface area contributed by atoms with Gasteiger partial charge in [-0.1, -0.05) is 24.6 Å². The number of carbonyl (C=O) groups excluding carboxylic acids is 1. The highest BCUT2D eigenvalue weighted by atomic mass is 16.5. The predicted molar refractivity (Wildman–Crippen MR) is 90.7 cm³/mol. The van der Waals surface area contributed by atoms with Crippen LogP contribution in [0, 0.1) is 0 Å². The van der Waals surface area contributed by atoms with Crippen LogP contribution < -0.4 is 15.4 Å². The Morgan fingerprint density at radius 1 is 1.26 bits per heavy atom. The van der Waals surface area contributed by atoms with E-state index in [9.17, 15) is 4.79 Å². The maximum atomic E-state index is 12.0. The number of rotatable bonds is 6. The van der Waals surface area contributed by atoms with Gasteiger partial charge in [0.1, 0.15) is 5.75 Å². The molecular weight excluding hydrogens is 290 g/mol. The van der Waals surface area contributed by atoms with E-state index in [-0.39, 0.29) is 12.1 Å². The van der Waals surface area contributed by atoms with Crippen LogP contribution in [-0.2, 0) is 0 Å². The smallest absolute Gasteiger partial charge is 0.315 e. The number of hydrogen-bond acceptors (Lipinski definition) is 3. The molecule has 3 rings (SSSR count). The minimum absolute atomic E-state index is 0.0515. The van der Waals surface area contributed by atoms with Gasteiger partial charge in [-0.2, -0.15) is 0 Å². The number of likely N-dealkylation sites (tertiary alicyclic amines) is 1. The van der Waals surface area contributed by atoms with Crippen molar-refractivity contribution in [1.82, 2.24) is 15.5 Å². The predicted octanol–water partition coefficient (Wildman–Crippen LogP) is 2.68. The molecule has 1 aliphatic heterocycles. The van der Waals surface area contributed by atoms with Crippen molar-refractivity contribution in [3.63, 3.8) is 0 Å². The Balaban J connectivity index is 1.70. The Morgan fingerprint density at radius 3 is 2.70 bits per heavy atom. The van der Waals surface area contributed by atoms with Crippen molar-refractivity contribution in [3.05, 3.63) is 29.8 Å². The van der Waals surface area contributed by atoms with Gasteiger partial charge >= 0.3 is 6.03 Å². The average Bonchev–Trinajstić information content (AvgIpc) is 3.40. The lowest BCUT2D eigenvalue weighted by molar-refractivity contribution is 0.157. The van der Waals surface area contributed by atoms with Gasteiger partial charge in [0.25, 0.3) is 0 Å². The molecule has 1 atom stereocenters. The van der Waals surface area contributed by atoms with Crippen molar-refractivity contribution in [2.75, 3.05) is 26.7 Å². The number of methoxy groups -OCH3 is 1. The first-order valence-corrected chi connectivity index (χ1v) is 8.69. The van der Waals surface area contributed by atoms with Crippen LogP contribution in [0.4, 0.5) is 4.79 Å². The molecule has 2 fully saturated rings. The third-order valence-electron chi connectivity index (χ3n) is 4.70. The first-order chi connectivity index (χ1) is 11.3. The van der Waals surface area contributed by atoms with Crippen LogP contribution in [0.25, 0.3) is 0 Å². The fourth-order valence-corrected chi connectivity index (χ4v) is 3.26. The molecule has 2 N–H and O–H groups in total. The van der Waals surface area contributed by atoms with Gasteiger partial charge in [0.15, 0.2) is 0 Å². The summed E-state index contributed by atoms with van der Waals surface area (Å²) in [7, 11) is 1.71. The topological polar surface area (TPSA) is 53.6 Å². The van der Waals surface area contributed by atoms with E-state index in [1.807, 2.05) is 18.2 Å². The van der Waals surface area contributed by atoms with Crippen LogP contribution in [-0.4, -0.2) is 43.7 Å². The molecule has 1 heterocycles. The number of nitrogens with one attached hydrogen (secondary N) is 2. The number of ether oxygens (including phenoxy) is 1. The Kier molecular flexibility index (Phi) is 5.39. The number of carbonyl (C=O) groups is 1. The molecular formula is C18H27N3O2. The Hall–Kier alpha value is -1.75. The standard InChI is InChI=1S/C18H27N3O2/c1-23-17-8-4-3-7-15(17)16(21-11-5-2-6-12-21)13-19-18(22)20-14-9-10-14/h3-4,7-8,14,16H,2,5-6,9-13H2,1H3,(H2,19,20,22). The van der Waals surface area contributed by atoms with E-state index < -0.39 is 0 Å². The summed E-state index contributed by atoms with van der Waals surface area (Å²) in [5, 5.41) is 6.05. The van der Waals surface area contributed by atoms with Gasteiger partial charge < -0.3 is 15.4 Å². The van der Waals surface area contributed by atoms with Crippen LogP contribution in [0.3, 0.4) is 0 Å². The van der Waals surface area contributed by atoms with Crippen LogP contribution in [0.5, 0.6) is 5.75 Å². The first kappa shape index (κ1) is 16.1. The summed E-state index contributed by atoms with van der Waals surface area (Å²) in [6.45, 7) is 2.77. The molecule has 5 nitrogen and oxygen atoms in total. The number of hydrogen-bond donors (Lipinski definition) is 2. The molecule has 0 aromatic heterocycles. The highest BCUT2D eigenvalue weighted by Crippen LogP contribution is 2.30. The Morgan fingerprint density at radius 2 is 2.00 bits per heavy atom. The SMILES string of the molecule is COc1ccccc1C(CNC(=O)NC1CC1)N1CCCCC1. The van der Waals surface area contributed by atoms with Crippen LogP contribution in [0.1, 0.15) is 43.7 Å². The van der Waals surface area contributed by atoms with E-state index in [2.05, 4.69) is 21.6 Å². The van der Waals surface area contributed by atoms with Gasteiger partial charge in [-0.3, -0.25) is 4.90 Å². The number of urea groups is 1. The summed E-state index contributed by atoms with van der Waals surface area (Å²) in [5.74, 6) is 0.896. The summed E-state index contributed by atoms with van der Waals surface area (Å²) in [6.07, 6.45) is 5.95. The molecule has 1 aromatic rings. The Labute approximate surface area is 138 Å². The van der Waals surface area contributed by atoms with E-state index in [0.29, 0.717) is 12.6 Å². The van der Waals surface area contributed by atoms with E-state index in [1.54, 1.807) is 7.11 Å². The summed E-state index contributed by atoms with van der Waals surface area (Å²) < 4.78 is 5.54. The lowest BCUT2D eigenvalue weighted by atomic mass is 10.0. The van der Waals surface area contributed by atoms with Crippen LogP contribution in [0.15, 0.2) is 24.3 Å². The molecule has 5 heteroatoms. The van der Waals surface area contributed by atoms with Gasteiger partial charge in [0.2, 0.25) is 0 Å².